The first-order valence-electron chi connectivity index (χ1n) is 10.0. The van der Waals surface area contributed by atoms with E-state index in [-0.39, 0.29) is 17.5 Å². The van der Waals surface area contributed by atoms with Crippen LogP contribution in [-0.4, -0.2) is 27.1 Å². The van der Waals surface area contributed by atoms with Crippen LogP contribution in [0.2, 0.25) is 10.0 Å². The molecule has 1 aliphatic carbocycles. The summed E-state index contributed by atoms with van der Waals surface area (Å²) >= 11 is 12.0. The van der Waals surface area contributed by atoms with Gasteiger partial charge in [-0.05, 0) is 54.7 Å². The molecule has 1 N–H and O–H groups in total. The largest absolute Gasteiger partial charge is 0.352 e. The summed E-state index contributed by atoms with van der Waals surface area (Å²) in [5.74, 6) is 0.466. The normalized spacial score (nSPS) is 15.0. The number of benzene rings is 2. The van der Waals surface area contributed by atoms with Gasteiger partial charge in [0.05, 0.1) is 28.5 Å². The smallest absolute Gasteiger partial charge is 0.251 e. The van der Waals surface area contributed by atoms with Crippen LogP contribution in [0, 0.1) is 5.92 Å². The summed E-state index contributed by atoms with van der Waals surface area (Å²) in [6.07, 6.45) is 7.27. The zero-order chi connectivity index (χ0) is 21.7. The summed E-state index contributed by atoms with van der Waals surface area (Å²) in [6.45, 7) is 0.834. The van der Waals surface area contributed by atoms with Crippen molar-refractivity contribution in [3.63, 3.8) is 0 Å². The van der Waals surface area contributed by atoms with Crippen LogP contribution in [0.25, 0.3) is 0 Å². The second-order valence-corrected chi connectivity index (χ2v) is 10.5. The molecule has 0 spiro atoms. The maximum Gasteiger partial charge on any atom is 0.251 e. The Bertz CT molecular complexity index is 988. The van der Waals surface area contributed by atoms with Crippen LogP contribution in [0.3, 0.4) is 0 Å². The van der Waals surface area contributed by atoms with E-state index in [1.807, 2.05) is 0 Å². The highest BCUT2D eigenvalue weighted by Gasteiger charge is 2.19. The number of sulfonamides is 1. The predicted octanol–water partition coefficient (Wildman–Crippen LogP) is 5.27. The average Bonchev–Trinajstić information content (AvgIpc) is 2.73. The molecule has 0 radical (unpaired) electrons. The standard InChI is InChI=1S/C22H26Cl2N2O3S/c1-30(28,29)26(19-11-12-20(23)21(24)13-19)15-17-7-9-18(10-8-17)22(27)25-14-16-5-3-2-4-6-16/h7-13,16H,2-6,14-15H2,1H3,(H,25,27). The van der Waals surface area contributed by atoms with E-state index >= 15 is 0 Å². The minimum absolute atomic E-state index is 0.100. The maximum atomic E-state index is 12.4. The van der Waals surface area contributed by atoms with Gasteiger partial charge in [-0.25, -0.2) is 8.42 Å². The molecular weight excluding hydrogens is 443 g/mol. The third kappa shape index (κ3) is 6.13. The van der Waals surface area contributed by atoms with Crippen molar-refractivity contribution in [3.8, 4) is 0 Å². The summed E-state index contributed by atoms with van der Waals surface area (Å²) in [6, 6.07) is 11.7. The molecule has 1 fully saturated rings. The van der Waals surface area contributed by atoms with Gasteiger partial charge in [-0.2, -0.15) is 0 Å². The van der Waals surface area contributed by atoms with Crippen LogP contribution in [0.15, 0.2) is 42.5 Å². The molecular formula is C22H26Cl2N2O3S. The summed E-state index contributed by atoms with van der Waals surface area (Å²) in [5.41, 5.74) is 1.76. The Morgan fingerprint density at radius 1 is 1.03 bits per heavy atom. The van der Waals surface area contributed by atoms with E-state index in [0.717, 1.165) is 11.8 Å². The second kappa shape index (κ2) is 10.0. The molecule has 2 aromatic carbocycles. The van der Waals surface area contributed by atoms with Gasteiger partial charge in [0, 0.05) is 12.1 Å². The molecule has 0 heterocycles. The molecule has 0 unspecified atom stereocenters. The van der Waals surface area contributed by atoms with Gasteiger partial charge in [-0.1, -0.05) is 54.6 Å². The Balaban J connectivity index is 1.67. The Labute approximate surface area is 188 Å². The fourth-order valence-corrected chi connectivity index (χ4v) is 4.87. The zero-order valence-electron chi connectivity index (χ0n) is 16.9. The summed E-state index contributed by atoms with van der Waals surface area (Å²) in [7, 11) is -3.54. The van der Waals surface area contributed by atoms with Gasteiger partial charge in [-0.3, -0.25) is 9.10 Å². The van der Waals surface area contributed by atoms with Crippen LogP contribution in [0.1, 0.15) is 48.0 Å². The van der Waals surface area contributed by atoms with Crippen molar-refractivity contribution in [2.75, 3.05) is 17.1 Å². The minimum Gasteiger partial charge on any atom is -0.352 e. The van der Waals surface area contributed by atoms with Crippen molar-refractivity contribution < 1.29 is 13.2 Å². The van der Waals surface area contributed by atoms with E-state index in [2.05, 4.69) is 5.32 Å². The fourth-order valence-electron chi connectivity index (χ4n) is 3.70. The number of amides is 1. The van der Waals surface area contributed by atoms with Gasteiger partial charge in [0.2, 0.25) is 10.0 Å². The average molecular weight is 469 g/mol. The maximum absolute atomic E-state index is 12.4. The van der Waals surface area contributed by atoms with Crippen LogP contribution in [-0.2, 0) is 16.6 Å². The SMILES string of the molecule is CS(=O)(=O)N(Cc1ccc(C(=O)NCC2CCCCC2)cc1)c1ccc(Cl)c(Cl)c1. The molecule has 0 saturated heterocycles. The lowest BCUT2D eigenvalue weighted by Crippen LogP contribution is -2.30. The highest BCUT2D eigenvalue weighted by molar-refractivity contribution is 7.92. The highest BCUT2D eigenvalue weighted by atomic mass is 35.5. The zero-order valence-corrected chi connectivity index (χ0v) is 19.2. The molecule has 0 bridgehead atoms. The molecule has 2 aromatic rings. The van der Waals surface area contributed by atoms with E-state index in [0.29, 0.717) is 28.7 Å². The quantitative estimate of drug-likeness (QED) is 0.601. The number of carbonyl (C=O) groups is 1. The second-order valence-electron chi connectivity index (χ2n) is 7.78. The summed E-state index contributed by atoms with van der Waals surface area (Å²) in [5, 5.41) is 3.66. The number of hydrogen-bond donors (Lipinski definition) is 1. The number of anilines is 1. The van der Waals surface area contributed by atoms with E-state index in [1.165, 1.54) is 42.5 Å². The molecule has 30 heavy (non-hydrogen) atoms. The molecule has 8 heteroatoms. The molecule has 1 saturated carbocycles. The molecule has 1 aliphatic rings. The van der Waals surface area contributed by atoms with Gasteiger partial charge >= 0.3 is 0 Å². The topological polar surface area (TPSA) is 66.5 Å². The predicted molar refractivity (Wildman–Crippen MR) is 123 cm³/mol. The van der Waals surface area contributed by atoms with Crippen molar-refractivity contribution in [2.45, 2.75) is 38.6 Å². The Morgan fingerprint density at radius 2 is 1.70 bits per heavy atom. The number of rotatable bonds is 7. The Morgan fingerprint density at radius 3 is 2.30 bits per heavy atom. The van der Waals surface area contributed by atoms with E-state index in [9.17, 15) is 13.2 Å². The number of nitrogens with one attached hydrogen (secondary N) is 1. The number of nitrogens with zero attached hydrogens (tertiary/aromatic N) is 1. The molecule has 0 atom stereocenters. The minimum atomic E-state index is -3.54. The first kappa shape index (κ1) is 22.9. The summed E-state index contributed by atoms with van der Waals surface area (Å²) < 4.78 is 25.9. The van der Waals surface area contributed by atoms with Gasteiger partial charge in [0.15, 0.2) is 0 Å². The molecule has 1 amide bonds. The lowest BCUT2D eigenvalue weighted by Gasteiger charge is -2.23. The lowest BCUT2D eigenvalue weighted by atomic mass is 9.89. The first-order valence-corrected chi connectivity index (χ1v) is 12.6. The lowest BCUT2D eigenvalue weighted by molar-refractivity contribution is 0.0943. The molecule has 5 nitrogen and oxygen atoms in total. The van der Waals surface area contributed by atoms with E-state index < -0.39 is 10.0 Å². The third-order valence-electron chi connectivity index (χ3n) is 5.41. The molecule has 3 rings (SSSR count). The van der Waals surface area contributed by atoms with E-state index in [1.54, 1.807) is 36.4 Å². The first-order chi connectivity index (χ1) is 14.2. The number of carbonyl (C=O) groups excluding carboxylic acids is 1. The van der Waals surface area contributed by atoms with Crippen molar-refractivity contribution in [2.24, 2.45) is 5.92 Å². The van der Waals surface area contributed by atoms with Crippen molar-refractivity contribution in [1.82, 2.24) is 5.32 Å². The third-order valence-corrected chi connectivity index (χ3v) is 7.29. The van der Waals surface area contributed by atoms with Crippen molar-refractivity contribution in [1.29, 1.82) is 0 Å². The number of hydrogen-bond acceptors (Lipinski definition) is 3. The highest BCUT2D eigenvalue weighted by Crippen LogP contribution is 2.29. The summed E-state index contributed by atoms with van der Waals surface area (Å²) in [4.78, 5) is 12.4. The van der Waals surface area contributed by atoms with Crippen LogP contribution >= 0.6 is 23.2 Å². The van der Waals surface area contributed by atoms with Crippen LogP contribution in [0.5, 0.6) is 0 Å². The van der Waals surface area contributed by atoms with Gasteiger partial charge < -0.3 is 5.32 Å². The van der Waals surface area contributed by atoms with Gasteiger partial charge in [0.1, 0.15) is 0 Å². The molecule has 0 aromatic heterocycles. The van der Waals surface area contributed by atoms with Gasteiger partial charge in [0.25, 0.3) is 5.91 Å². The monoisotopic (exact) mass is 468 g/mol. The van der Waals surface area contributed by atoms with Crippen molar-refractivity contribution >= 4 is 44.8 Å². The Hall–Kier alpha value is -1.76. The molecule has 0 aliphatic heterocycles. The van der Waals surface area contributed by atoms with Crippen LogP contribution < -0.4 is 9.62 Å². The van der Waals surface area contributed by atoms with Gasteiger partial charge in [-0.15, -0.1) is 0 Å². The van der Waals surface area contributed by atoms with E-state index in [4.69, 9.17) is 23.2 Å². The Kier molecular flexibility index (Phi) is 7.66. The number of halogens is 2. The molecule has 162 valence electrons. The fraction of sp³-hybridized carbons (Fsp3) is 0.409. The van der Waals surface area contributed by atoms with Crippen LogP contribution in [0.4, 0.5) is 5.69 Å². The van der Waals surface area contributed by atoms with Crippen molar-refractivity contribution in [3.05, 3.63) is 63.6 Å².